The minimum absolute atomic E-state index is 0.115. The molecular weight excluding hydrogens is 315 g/mol. The summed E-state index contributed by atoms with van der Waals surface area (Å²) in [6, 6.07) is 4.58. The third-order valence-electron chi connectivity index (χ3n) is 2.28. The zero-order valence-electron chi connectivity index (χ0n) is 9.41. The second kappa shape index (κ2) is 6.40. The van der Waals surface area contributed by atoms with Gasteiger partial charge in [-0.05, 0) is 33.6 Å². The van der Waals surface area contributed by atoms with Crippen LogP contribution in [0.15, 0.2) is 22.7 Å². The third-order valence-corrected chi connectivity index (χ3v) is 2.91. The lowest BCUT2D eigenvalue weighted by Crippen LogP contribution is -2.36. The number of hydrogen-bond donors (Lipinski definition) is 2. The van der Waals surface area contributed by atoms with Gasteiger partial charge in [0.15, 0.2) is 0 Å². The first-order valence-electron chi connectivity index (χ1n) is 5.19. The molecule has 0 atom stereocenters. The van der Waals surface area contributed by atoms with Crippen molar-refractivity contribution in [3.05, 3.63) is 28.2 Å². The zero-order valence-corrected chi connectivity index (χ0v) is 11.0. The standard InChI is InChI=1S/C11H13BrF3NO2/c12-9-5-8(6-18)1-2-10(9)16(3-4-17)7-11(13,14)15/h1-2,5,17-18H,3-4,6-7H2. The molecule has 0 saturated heterocycles. The highest BCUT2D eigenvalue weighted by Crippen LogP contribution is 2.29. The van der Waals surface area contributed by atoms with Crippen molar-refractivity contribution in [3.63, 3.8) is 0 Å². The summed E-state index contributed by atoms with van der Waals surface area (Å²) in [7, 11) is 0. The van der Waals surface area contributed by atoms with E-state index in [0.29, 0.717) is 15.7 Å². The van der Waals surface area contributed by atoms with Gasteiger partial charge in [-0.2, -0.15) is 13.2 Å². The van der Waals surface area contributed by atoms with Crippen molar-refractivity contribution in [3.8, 4) is 0 Å². The average Bonchev–Trinajstić information content (AvgIpc) is 2.26. The Labute approximate surface area is 111 Å². The van der Waals surface area contributed by atoms with Gasteiger partial charge in [-0.3, -0.25) is 0 Å². The minimum Gasteiger partial charge on any atom is -0.395 e. The van der Waals surface area contributed by atoms with E-state index in [1.54, 1.807) is 12.1 Å². The molecule has 3 nitrogen and oxygen atoms in total. The number of aliphatic hydroxyl groups is 2. The van der Waals surface area contributed by atoms with Gasteiger partial charge in [-0.25, -0.2) is 0 Å². The van der Waals surface area contributed by atoms with Crippen molar-refractivity contribution < 1.29 is 23.4 Å². The summed E-state index contributed by atoms with van der Waals surface area (Å²) >= 11 is 3.16. The molecule has 18 heavy (non-hydrogen) atoms. The first kappa shape index (κ1) is 15.3. The molecule has 0 unspecified atom stereocenters. The van der Waals surface area contributed by atoms with Gasteiger partial charge < -0.3 is 15.1 Å². The van der Waals surface area contributed by atoms with Crippen LogP contribution >= 0.6 is 15.9 Å². The Morgan fingerprint density at radius 3 is 2.33 bits per heavy atom. The molecule has 1 aromatic carbocycles. The summed E-state index contributed by atoms with van der Waals surface area (Å²) in [6.07, 6.45) is -4.34. The first-order chi connectivity index (χ1) is 8.37. The minimum atomic E-state index is -4.34. The van der Waals surface area contributed by atoms with Gasteiger partial charge in [0.05, 0.1) is 18.9 Å². The highest BCUT2D eigenvalue weighted by molar-refractivity contribution is 9.10. The van der Waals surface area contributed by atoms with E-state index >= 15 is 0 Å². The number of aliphatic hydroxyl groups excluding tert-OH is 2. The normalized spacial score (nSPS) is 11.7. The summed E-state index contributed by atoms with van der Waals surface area (Å²) in [4.78, 5) is 1.03. The lowest BCUT2D eigenvalue weighted by atomic mass is 10.2. The molecule has 102 valence electrons. The van der Waals surface area contributed by atoms with Crippen LogP contribution in [0.2, 0.25) is 0 Å². The van der Waals surface area contributed by atoms with Crippen LogP contribution in [0.1, 0.15) is 5.56 Å². The molecular formula is C11H13BrF3NO2. The molecule has 0 saturated carbocycles. The summed E-state index contributed by atoms with van der Waals surface area (Å²) in [5.74, 6) is 0. The molecule has 2 N–H and O–H groups in total. The van der Waals surface area contributed by atoms with Gasteiger partial charge in [0.25, 0.3) is 0 Å². The Morgan fingerprint density at radius 1 is 1.22 bits per heavy atom. The fourth-order valence-corrected chi connectivity index (χ4v) is 2.20. The predicted octanol–water partition coefficient (Wildman–Crippen LogP) is 2.30. The monoisotopic (exact) mass is 327 g/mol. The molecule has 0 spiro atoms. The molecule has 0 aromatic heterocycles. The molecule has 1 rings (SSSR count). The molecule has 7 heteroatoms. The SMILES string of the molecule is OCCN(CC(F)(F)F)c1ccc(CO)cc1Br. The number of hydrogen-bond acceptors (Lipinski definition) is 3. The Morgan fingerprint density at radius 2 is 1.89 bits per heavy atom. The van der Waals surface area contributed by atoms with Crippen LogP contribution in [0.4, 0.5) is 18.9 Å². The maximum atomic E-state index is 12.4. The molecule has 0 fully saturated rings. The van der Waals surface area contributed by atoms with Gasteiger partial charge >= 0.3 is 6.18 Å². The Balaban J connectivity index is 2.98. The number of rotatable bonds is 5. The van der Waals surface area contributed by atoms with Crippen molar-refractivity contribution in [1.29, 1.82) is 0 Å². The quantitative estimate of drug-likeness (QED) is 0.872. The Kier molecular flexibility index (Phi) is 5.43. The maximum absolute atomic E-state index is 12.4. The van der Waals surface area contributed by atoms with Crippen LogP contribution in [-0.2, 0) is 6.61 Å². The predicted molar refractivity (Wildman–Crippen MR) is 65.4 cm³/mol. The molecule has 1 aromatic rings. The van der Waals surface area contributed by atoms with Crippen LogP contribution in [-0.4, -0.2) is 36.1 Å². The Bertz CT molecular complexity index is 398. The van der Waals surface area contributed by atoms with Gasteiger partial charge in [-0.15, -0.1) is 0 Å². The number of halogens is 4. The van der Waals surface area contributed by atoms with Crippen LogP contribution in [0.25, 0.3) is 0 Å². The van der Waals surface area contributed by atoms with Crippen molar-refractivity contribution in [2.45, 2.75) is 12.8 Å². The lowest BCUT2D eigenvalue weighted by molar-refractivity contribution is -0.119. The highest BCUT2D eigenvalue weighted by Gasteiger charge is 2.31. The molecule has 0 heterocycles. The van der Waals surface area contributed by atoms with Gasteiger partial charge in [0.2, 0.25) is 0 Å². The largest absolute Gasteiger partial charge is 0.405 e. The summed E-state index contributed by atoms with van der Waals surface area (Å²) < 4.78 is 37.7. The number of anilines is 1. The van der Waals surface area contributed by atoms with Gasteiger partial charge in [0, 0.05) is 11.0 Å². The molecule has 0 aliphatic carbocycles. The van der Waals surface area contributed by atoms with E-state index in [2.05, 4.69) is 15.9 Å². The van der Waals surface area contributed by atoms with Gasteiger partial charge in [0.1, 0.15) is 6.54 Å². The van der Waals surface area contributed by atoms with E-state index in [1.807, 2.05) is 0 Å². The highest BCUT2D eigenvalue weighted by atomic mass is 79.9. The fourth-order valence-electron chi connectivity index (χ4n) is 1.53. The smallest absolute Gasteiger partial charge is 0.395 e. The zero-order chi connectivity index (χ0) is 13.8. The van der Waals surface area contributed by atoms with Crippen molar-refractivity contribution >= 4 is 21.6 Å². The number of benzene rings is 1. The second-order valence-corrected chi connectivity index (χ2v) is 4.56. The van der Waals surface area contributed by atoms with Gasteiger partial charge in [-0.1, -0.05) is 6.07 Å². The molecule has 0 bridgehead atoms. The van der Waals surface area contributed by atoms with Crippen LogP contribution < -0.4 is 4.90 Å². The topological polar surface area (TPSA) is 43.7 Å². The van der Waals surface area contributed by atoms with Crippen LogP contribution in [0.3, 0.4) is 0 Å². The average molecular weight is 328 g/mol. The maximum Gasteiger partial charge on any atom is 0.405 e. The summed E-state index contributed by atoms with van der Waals surface area (Å²) in [6.45, 7) is -1.80. The third kappa shape index (κ3) is 4.47. The van der Waals surface area contributed by atoms with Crippen molar-refractivity contribution in [2.75, 3.05) is 24.6 Å². The molecule has 0 aliphatic heterocycles. The van der Waals surface area contributed by atoms with E-state index in [9.17, 15) is 13.2 Å². The van der Waals surface area contributed by atoms with E-state index < -0.39 is 12.7 Å². The van der Waals surface area contributed by atoms with E-state index in [4.69, 9.17) is 10.2 Å². The van der Waals surface area contributed by atoms with E-state index in [1.165, 1.54) is 6.07 Å². The van der Waals surface area contributed by atoms with E-state index in [-0.39, 0.29) is 19.8 Å². The first-order valence-corrected chi connectivity index (χ1v) is 5.98. The summed E-state index contributed by atoms with van der Waals surface area (Å²) in [5, 5.41) is 17.7. The molecule has 0 amide bonds. The number of nitrogens with zero attached hydrogens (tertiary/aromatic N) is 1. The van der Waals surface area contributed by atoms with Crippen LogP contribution in [0.5, 0.6) is 0 Å². The molecule has 0 radical (unpaired) electrons. The van der Waals surface area contributed by atoms with Crippen molar-refractivity contribution in [2.24, 2.45) is 0 Å². The van der Waals surface area contributed by atoms with Crippen LogP contribution in [0, 0.1) is 0 Å². The summed E-state index contributed by atoms with van der Waals surface area (Å²) in [5.41, 5.74) is 0.931. The number of alkyl halides is 3. The lowest BCUT2D eigenvalue weighted by Gasteiger charge is -2.26. The second-order valence-electron chi connectivity index (χ2n) is 3.70. The Hall–Kier alpha value is -0.790. The fraction of sp³-hybridized carbons (Fsp3) is 0.455. The van der Waals surface area contributed by atoms with E-state index in [0.717, 1.165) is 4.90 Å². The van der Waals surface area contributed by atoms with Crippen molar-refractivity contribution in [1.82, 2.24) is 0 Å². The molecule has 0 aliphatic rings.